The van der Waals surface area contributed by atoms with Crippen LogP contribution in [0.25, 0.3) is 0 Å². The quantitative estimate of drug-likeness (QED) is 0.779. The molecule has 0 saturated carbocycles. The van der Waals surface area contributed by atoms with Crippen LogP contribution in [0.4, 0.5) is 18.0 Å². The van der Waals surface area contributed by atoms with Gasteiger partial charge in [-0.15, -0.1) is 0 Å². The van der Waals surface area contributed by atoms with Gasteiger partial charge in [0, 0.05) is 17.7 Å². The zero-order valence-electron chi connectivity index (χ0n) is 7.39. The predicted molar refractivity (Wildman–Crippen MR) is 43.5 cm³/mol. The summed E-state index contributed by atoms with van der Waals surface area (Å²) in [4.78, 5) is 10.7. The van der Waals surface area contributed by atoms with Crippen LogP contribution in [-0.2, 0) is 4.74 Å². The van der Waals surface area contributed by atoms with Crippen molar-refractivity contribution in [3.05, 3.63) is 35.1 Å². The second-order valence-corrected chi connectivity index (χ2v) is 3.08. The summed E-state index contributed by atoms with van der Waals surface area (Å²) in [5.74, 6) is -3.08. The topological polar surface area (TPSA) is 38.3 Å². The van der Waals surface area contributed by atoms with Crippen molar-refractivity contribution in [2.24, 2.45) is 0 Å². The van der Waals surface area contributed by atoms with Gasteiger partial charge in [0.15, 0.2) is 0 Å². The van der Waals surface area contributed by atoms with Crippen molar-refractivity contribution in [2.45, 2.75) is 6.04 Å². The van der Waals surface area contributed by atoms with E-state index in [2.05, 4.69) is 10.1 Å². The van der Waals surface area contributed by atoms with Crippen LogP contribution in [0.15, 0.2) is 12.1 Å². The van der Waals surface area contributed by atoms with Crippen LogP contribution in [0, 0.1) is 17.5 Å². The summed E-state index contributed by atoms with van der Waals surface area (Å²) >= 11 is 0. The number of hydrogen-bond acceptors (Lipinski definition) is 2. The molecule has 1 aliphatic rings. The lowest BCUT2D eigenvalue weighted by Crippen LogP contribution is -2.20. The van der Waals surface area contributed by atoms with Gasteiger partial charge >= 0.3 is 6.09 Å². The Labute approximate surface area is 82.8 Å². The number of carbonyl (C=O) groups is 1. The standard InChI is InChI=1S/C9H6F3NO2/c10-4-1-5(11)8(6(12)2-4)7-3-15-9(14)13-7/h1-2,7H,3H2,(H,13,14)/t7-/m1/s1. The second kappa shape index (κ2) is 3.45. The summed E-state index contributed by atoms with van der Waals surface area (Å²) < 4.78 is 43.5. The minimum atomic E-state index is -1.04. The highest BCUT2D eigenvalue weighted by molar-refractivity contribution is 5.70. The molecule has 0 aliphatic carbocycles. The first kappa shape index (κ1) is 9.82. The molecule has 1 heterocycles. The van der Waals surface area contributed by atoms with Crippen molar-refractivity contribution >= 4 is 6.09 Å². The number of halogens is 3. The maximum Gasteiger partial charge on any atom is 0.407 e. The molecule has 1 saturated heterocycles. The number of amides is 1. The lowest BCUT2D eigenvalue weighted by Gasteiger charge is -2.09. The third kappa shape index (κ3) is 1.74. The Kier molecular flexibility index (Phi) is 2.26. The van der Waals surface area contributed by atoms with Crippen LogP contribution < -0.4 is 5.32 Å². The molecule has 1 fully saturated rings. The molecule has 1 aromatic carbocycles. The Bertz CT molecular complexity index is 399. The predicted octanol–water partition coefficient (Wildman–Crippen LogP) is 1.88. The third-order valence-electron chi connectivity index (χ3n) is 2.07. The van der Waals surface area contributed by atoms with E-state index in [1.165, 1.54) is 0 Å². The third-order valence-corrected chi connectivity index (χ3v) is 2.07. The van der Waals surface area contributed by atoms with Gasteiger partial charge in [-0.3, -0.25) is 0 Å². The molecule has 0 unspecified atom stereocenters. The van der Waals surface area contributed by atoms with Crippen LogP contribution in [0.3, 0.4) is 0 Å². The van der Waals surface area contributed by atoms with E-state index < -0.39 is 29.6 Å². The Morgan fingerprint density at radius 3 is 2.33 bits per heavy atom. The van der Waals surface area contributed by atoms with Gasteiger partial charge in [-0.05, 0) is 0 Å². The fourth-order valence-corrected chi connectivity index (χ4v) is 1.43. The molecule has 1 amide bonds. The molecule has 6 heteroatoms. The summed E-state index contributed by atoms with van der Waals surface area (Å²) in [6.07, 6.45) is -0.747. The molecule has 2 rings (SSSR count). The number of alkyl carbamates (subject to hydrolysis) is 1. The highest BCUT2D eigenvalue weighted by atomic mass is 19.1. The molecule has 1 aromatic rings. The number of carbonyl (C=O) groups excluding carboxylic acids is 1. The number of ether oxygens (including phenoxy) is 1. The smallest absolute Gasteiger partial charge is 0.407 e. The van der Waals surface area contributed by atoms with Gasteiger partial charge in [0.25, 0.3) is 0 Å². The fraction of sp³-hybridized carbons (Fsp3) is 0.222. The molecule has 1 aliphatic heterocycles. The van der Waals surface area contributed by atoms with Crippen molar-refractivity contribution in [1.82, 2.24) is 5.32 Å². The minimum absolute atomic E-state index is 0.168. The van der Waals surface area contributed by atoms with Crippen molar-refractivity contribution in [2.75, 3.05) is 6.61 Å². The lowest BCUT2D eigenvalue weighted by molar-refractivity contribution is 0.176. The molecule has 0 aromatic heterocycles. The highest BCUT2D eigenvalue weighted by Crippen LogP contribution is 2.24. The Morgan fingerprint density at radius 2 is 1.87 bits per heavy atom. The van der Waals surface area contributed by atoms with Gasteiger partial charge in [-0.2, -0.15) is 0 Å². The highest BCUT2D eigenvalue weighted by Gasteiger charge is 2.29. The van der Waals surface area contributed by atoms with E-state index >= 15 is 0 Å². The van der Waals surface area contributed by atoms with Crippen molar-refractivity contribution in [1.29, 1.82) is 0 Å². The second-order valence-electron chi connectivity index (χ2n) is 3.08. The van der Waals surface area contributed by atoms with Gasteiger partial charge in [0.05, 0.1) is 6.04 Å². The van der Waals surface area contributed by atoms with Gasteiger partial charge in [-0.1, -0.05) is 0 Å². The van der Waals surface area contributed by atoms with E-state index in [-0.39, 0.29) is 12.2 Å². The summed E-state index contributed by atoms with van der Waals surface area (Å²) in [5, 5.41) is 2.21. The van der Waals surface area contributed by atoms with Crippen molar-refractivity contribution < 1.29 is 22.7 Å². The van der Waals surface area contributed by atoms with E-state index in [9.17, 15) is 18.0 Å². The zero-order chi connectivity index (χ0) is 11.0. The van der Waals surface area contributed by atoms with Crippen molar-refractivity contribution in [3.8, 4) is 0 Å². The molecule has 0 spiro atoms. The lowest BCUT2D eigenvalue weighted by atomic mass is 10.1. The van der Waals surface area contributed by atoms with E-state index in [4.69, 9.17) is 0 Å². The summed E-state index contributed by atoms with van der Waals surface area (Å²) in [6.45, 7) is -0.168. The molecule has 3 nitrogen and oxygen atoms in total. The normalized spacial score (nSPS) is 19.9. The van der Waals surface area contributed by atoms with E-state index in [0.29, 0.717) is 12.1 Å². The summed E-state index contributed by atoms with van der Waals surface area (Å²) in [5.41, 5.74) is -0.387. The monoisotopic (exact) mass is 217 g/mol. The first-order chi connectivity index (χ1) is 7.08. The molecule has 1 N–H and O–H groups in total. The SMILES string of the molecule is O=C1N[C@@H](c2c(F)cc(F)cc2F)CO1. The zero-order valence-corrected chi connectivity index (χ0v) is 7.39. The molecule has 1 atom stereocenters. The number of rotatable bonds is 1. The number of cyclic esters (lactones) is 1. The Balaban J connectivity index is 2.39. The number of nitrogens with one attached hydrogen (secondary N) is 1. The minimum Gasteiger partial charge on any atom is -0.447 e. The van der Waals surface area contributed by atoms with Crippen LogP contribution in [0.1, 0.15) is 11.6 Å². The maximum atomic E-state index is 13.2. The van der Waals surface area contributed by atoms with E-state index in [0.717, 1.165) is 0 Å². The number of benzene rings is 1. The molecular formula is C9H6F3NO2. The summed E-state index contributed by atoms with van der Waals surface area (Å²) in [7, 11) is 0. The molecule has 0 radical (unpaired) electrons. The molecule has 15 heavy (non-hydrogen) atoms. The van der Waals surface area contributed by atoms with Crippen LogP contribution in [-0.4, -0.2) is 12.7 Å². The van der Waals surface area contributed by atoms with Crippen molar-refractivity contribution in [3.63, 3.8) is 0 Å². The Hall–Kier alpha value is -1.72. The van der Waals surface area contributed by atoms with Gasteiger partial charge in [-0.25, -0.2) is 18.0 Å². The Morgan fingerprint density at radius 1 is 1.27 bits per heavy atom. The van der Waals surface area contributed by atoms with E-state index in [1.54, 1.807) is 0 Å². The molecule has 80 valence electrons. The molecular weight excluding hydrogens is 211 g/mol. The maximum absolute atomic E-state index is 13.2. The van der Waals surface area contributed by atoms with Gasteiger partial charge in [0.2, 0.25) is 0 Å². The van der Waals surface area contributed by atoms with Gasteiger partial charge < -0.3 is 10.1 Å². The van der Waals surface area contributed by atoms with Crippen LogP contribution >= 0.6 is 0 Å². The first-order valence-corrected chi connectivity index (χ1v) is 4.15. The van der Waals surface area contributed by atoms with Gasteiger partial charge in [0.1, 0.15) is 24.1 Å². The average molecular weight is 217 g/mol. The van der Waals surface area contributed by atoms with Crippen LogP contribution in [0.2, 0.25) is 0 Å². The first-order valence-electron chi connectivity index (χ1n) is 4.15. The molecule has 0 bridgehead atoms. The van der Waals surface area contributed by atoms with Crippen LogP contribution in [0.5, 0.6) is 0 Å². The fourth-order valence-electron chi connectivity index (χ4n) is 1.43. The summed E-state index contributed by atoms with van der Waals surface area (Å²) in [6, 6.07) is 0.212. The van der Waals surface area contributed by atoms with E-state index in [1.807, 2.05) is 0 Å². The largest absolute Gasteiger partial charge is 0.447 e. The number of hydrogen-bond donors (Lipinski definition) is 1. The average Bonchev–Trinajstić information content (AvgIpc) is 2.49.